The number of nitrogens with one attached hydrogen (secondary N) is 1. The van der Waals surface area contributed by atoms with E-state index in [-0.39, 0.29) is 5.28 Å². The van der Waals surface area contributed by atoms with E-state index in [0.717, 1.165) is 18.0 Å². The van der Waals surface area contributed by atoms with Crippen molar-refractivity contribution in [3.63, 3.8) is 0 Å². The summed E-state index contributed by atoms with van der Waals surface area (Å²) in [5.41, 5.74) is 2.63. The molecule has 1 aromatic carbocycles. The number of fused-ring (bicyclic) bond motifs is 1. The van der Waals surface area contributed by atoms with Crippen molar-refractivity contribution in [2.24, 2.45) is 0 Å². The summed E-state index contributed by atoms with van der Waals surface area (Å²) in [6, 6.07) is 10.3. The van der Waals surface area contributed by atoms with Gasteiger partial charge in [-0.25, -0.2) is 15.0 Å². The number of hydrogen-bond donors (Lipinski definition) is 1. The van der Waals surface area contributed by atoms with Crippen LogP contribution in [0.1, 0.15) is 5.56 Å². The monoisotopic (exact) mass is 331 g/mol. The lowest BCUT2D eigenvalue weighted by Crippen LogP contribution is -2.08. The van der Waals surface area contributed by atoms with Gasteiger partial charge in [0.25, 0.3) is 0 Å². The van der Waals surface area contributed by atoms with Gasteiger partial charge in [-0.05, 0) is 29.8 Å². The van der Waals surface area contributed by atoms with E-state index in [1.54, 1.807) is 0 Å². The minimum Gasteiger partial charge on any atom is -0.368 e. The van der Waals surface area contributed by atoms with Crippen LogP contribution in [0, 0.1) is 0 Å². The van der Waals surface area contributed by atoms with Crippen molar-refractivity contribution in [3.05, 3.63) is 47.5 Å². The molecule has 2 aromatic heterocycles. The lowest BCUT2D eigenvalue weighted by molar-refractivity contribution is 0.995. The van der Waals surface area contributed by atoms with Crippen molar-refractivity contribution < 1.29 is 0 Å². The molecule has 3 aromatic rings. The number of halogens is 1. The highest BCUT2D eigenvalue weighted by atomic mass is 35.5. The number of anilines is 1. The highest BCUT2D eigenvalue weighted by molar-refractivity contribution is 7.98. The molecule has 0 fully saturated rings. The summed E-state index contributed by atoms with van der Waals surface area (Å²) in [6.45, 7) is 0.741. The Labute approximate surface area is 137 Å². The summed E-state index contributed by atoms with van der Waals surface area (Å²) in [7, 11) is 0. The van der Waals surface area contributed by atoms with Gasteiger partial charge < -0.3 is 5.32 Å². The minimum absolute atomic E-state index is 0.194. The molecule has 0 saturated carbocycles. The topological polar surface area (TPSA) is 63.6 Å². The summed E-state index contributed by atoms with van der Waals surface area (Å²) in [5, 5.41) is 4.28. The quantitative estimate of drug-likeness (QED) is 0.439. The molecule has 3 rings (SSSR count). The van der Waals surface area contributed by atoms with Crippen LogP contribution < -0.4 is 5.32 Å². The molecule has 0 unspecified atom stereocenters. The third kappa shape index (κ3) is 3.28. The smallest absolute Gasteiger partial charge is 0.225 e. The van der Waals surface area contributed by atoms with E-state index in [9.17, 15) is 0 Å². The zero-order valence-corrected chi connectivity index (χ0v) is 13.5. The highest BCUT2D eigenvalue weighted by Crippen LogP contribution is 2.26. The van der Waals surface area contributed by atoms with Crippen molar-refractivity contribution in [1.82, 2.24) is 19.9 Å². The number of benzene rings is 1. The fourth-order valence-electron chi connectivity index (χ4n) is 2.14. The normalized spacial score (nSPS) is 10.8. The second kappa shape index (κ2) is 6.89. The number of thioether (sulfide) groups is 1. The number of rotatable bonds is 5. The maximum absolute atomic E-state index is 6.02. The Morgan fingerprint density at radius 1 is 1.09 bits per heavy atom. The number of hydrogen-bond acceptors (Lipinski definition) is 6. The molecule has 5 nitrogen and oxygen atoms in total. The number of nitrogens with zero attached hydrogens (tertiary/aromatic N) is 4. The standard InChI is InChI=1S/C15H14ClN5S/c1-22-14-12-11(18-9-19-14)13(21-15(16)20-12)17-8-7-10-5-3-2-4-6-10/h2-6,9H,7-8H2,1H3,(H,17,20,21). The van der Waals surface area contributed by atoms with Gasteiger partial charge >= 0.3 is 0 Å². The molecule has 0 amide bonds. The van der Waals surface area contributed by atoms with Gasteiger partial charge in [0.2, 0.25) is 5.28 Å². The van der Waals surface area contributed by atoms with Crippen LogP contribution in [0.3, 0.4) is 0 Å². The van der Waals surface area contributed by atoms with Crippen LogP contribution in [0.4, 0.5) is 5.82 Å². The first-order chi connectivity index (χ1) is 10.8. The summed E-state index contributed by atoms with van der Waals surface area (Å²) < 4.78 is 0. The predicted molar refractivity (Wildman–Crippen MR) is 90.6 cm³/mol. The molecule has 0 aliphatic carbocycles. The van der Waals surface area contributed by atoms with Crippen LogP contribution in [-0.2, 0) is 6.42 Å². The van der Waals surface area contributed by atoms with Crippen LogP contribution in [-0.4, -0.2) is 32.7 Å². The third-order valence-corrected chi connectivity index (χ3v) is 4.02. The fraction of sp³-hybridized carbons (Fsp3) is 0.200. The zero-order valence-electron chi connectivity index (χ0n) is 12.0. The van der Waals surface area contributed by atoms with Gasteiger partial charge in [-0.15, -0.1) is 11.8 Å². The van der Waals surface area contributed by atoms with Crippen molar-refractivity contribution >= 4 is 40.2 Å². The summed E-state index contributed by atoms with van der Waals surface area (Å²) >= 11 is 7.53. The highest BCUT2D eigenvalue weighted by Gasteiger charge is 2.12. The van der Waals surface area contributed by atoms with Crippen molar-refractivity contribution in [3.8, 4) is 0 Å². The second-order valence-electron chi connectivity index (χ2n) is 4.58. The Morgan fingerprint density at radius 2 is 1.91 bits per heavy atom. The van der Waals surface area contributed by atoms with Gasteiger partial charge in [-0.2, -0.15) is 4.98 Å². The molecule has 0 atom stereocenters. The largest absolute Gasteiger partial charge is 0.368 e. The fourth-order valence-corrected chi connectivity index (χ4v) is 2.80. The predicted octanol–water partition coefficient (Wildman–Crippen LogP) is 3.45. The Morgan fingerprint density at radius 3 is 2.68 bits per heavy atom. The number of aromatic nitrogens is 4. The van der Waals surface area contributed by atoms with Gasteiger partial charge in [0.05, 0.1) is 0 Å². The van der Waals surface area contributed by atoms with Gasteiger partial charge in [-0.1, -0.05) is 30.3 Å². The molecule has 112 valence electrons. The van der Waals surface area contributed by atoms with E-state index in [0.29, 0.717) is 16.9 Å². The molecule has 0 aliphatic rings. The molecule has 0 bridgehead atoms. The van der Waals surface area contributed by atoms with Crippen LogP contribution in [0.2, 0.25) is 5.28 Å². The van der Waals surface area contributed by atoms with Crippen LogP contribution in [0.5, 0.6) is 0 Å². The molecule has 2 heterocycles. The Bertz CT molecular complexity index is 781. The molecule has 0 radical (unpaired) electrons. The van der Waals surface area contributed by atoms with Gasteiger partial charge in [0.15, 0.2) is 5.82 Å². The molecule has 0 aliphatic heterocycles. The minimum atomic E-state index is 0.194. The summed E-state index contributed by atoms with van der Waals surface area (Å²) in [6.07, 6.45) is 4.36. The first-order valence-electron chi connectivity index (χ1n) is 6.78. The van der Waals surface area contributed by atoms with Crippen molar-refractivity contribution in [2.45, 2.75) is 11.4 Å². The first-order valence-corrected chi connectivity index (χ1v) is 8.38. The Balaban J connectivity index is 1.84. The van der Waals surface area contributed by atoms with E-state index < -0.39 is 0 Å². The van der Waals surface area contributed by atoms with Crippen LogP contribution >= 0.6 is 23.4 Å². The molecule has 0 saturated heterocycles. The van der Waals surface area contributed by atoms with Gasteiger partial charge in [-0.3, -0.25) is 0 Å². The SMILES string of the molecule is CSc1ncnc2c(NCCc3ccccc3)nc(Cl)nc12. The zero-order chi connectivity index (χ0) is 15.4. The van der Waals surface area contributed by atoms with E-state index in [1.807, 2.05) is 24.5 Å². The van der Waals surface area contributed by atoms with E-state index in [1.165, 1.54) is 23.7 Å². The lowest BCUT2D eigenvalue weighted by Gasteiger charge is -2.09. The van der Waals surface area contributed by atoms with E-state index in [4.69, 9.17) is 11.6 Å². The van der Waals surface area contributed by atoms with Crippen LogP contribution in [0.15, 0.2) is 41.7 Å². The van der Waals surface area contributed by atoms with Crippen LogP contribution in [0.25, 0.3) is 11.0 Å². The molecule has 7 heteroatoms. The third-order valence-electron chi connectivity index (χ3n) is 3.16. The summed E-state index contributed by atoms with van der Waals surface area (Å²) in [4.78, 5) is 17.0. The maximum atomic E-state index is 6.02. The van der Waals surface area contributed by atoms with E-state index in [2.05, 4.69) is 37.4 Å². The van der Waals surface area contributed by atoms with E-state index >= 15 is 0 Å². The lowest BCUT2D eigenvalue weighted by atomic mass is 10.1. The summed E-state index contributed by atoms with van der Waals surface area (Å²) in [5.74, 6) is 0.642. The first kappa shape index (κ1) is 15.0. The Hall–Kier alpha value is -1.92. The molecular weight excluding hydrogens is 318 g/mol. The average Bonchev–Trinajstić information content (AvgIpc) is 2.55. The van der Waals surface area contributed by atoms with Crippen molar-refractivity contribution in [2.75, 3.05) is 18.1 Å². The molecular formula is C15H14ClN5S. The van der Waals surface area contributed by atoms with Gasteiger partial charge in [0.1, 0.15) is 22.4 Å². The Kier molecular flexibility index (Phi) is 4.70. The second-order valence-corrected chi connectivity index (χ2v) is 5.72. The van der Waals surface area contributed by atoms with Crippen molar-refractivity contribution in [1.29, 1.82) is 0 Å². The molecule has 22 heavy (non-hydrogen) atoms. The molecule has 1 N–H and O–H groups in total. The average molecular weight is 332 g/mol. The molecule has 0 spiro atoms. The maximum Gasteiger partial charge on any atom is 0.225 e. The van der Waals surface area contributed by atoms with Gasteiger partial charge in [0, 0.05) is 6.54 Å².